The predicted molar refractivity (Wildman–Crippen MR) is 160 cm³/mol. The number of hydrogen-bond donors (Lipinski definition) is 1. The van der Waals surface area contributed by atoms with Crippen LogP contribution in [0.2, 0.25) is 0 Å². The normalized spacial score (nSPS) is 14.4. The number of nitrogens with one attached hydrogen (secondary N) is 1. The highest BCUT2D eigenvalue weighted by Crippen LogP contribution is 2.38. The van der Waals surface area contributed by atoms with Gasteiger partial charge in [0.25, 0.3) is 0 Å². The highest BCUT2D eigenvalue weighted by Gasteiger charge is 2.27. The minimum absolute atomic E-state index is 0. The summed E-state index contributed by atoms with van der Waals surface area (Å²) in [5.41, 5.74) is 4.14. The van der Waals surface area contributed by atoms with Crippen molar-refractivity contribution < 1.29 is 14.2 Å². The molecule has 0 fully saturated rings. The molecular formula is C30H48Cl2N2O3. The summed E-state index contributed by atoms with van der Waals surface area (Å²) in [5, 5.41) is 3.60. The van der Waals surface area contributed by atoms with Crippen molar-refractivity contribution in [3.63, 3.8) is 0 Å². The van der Waals surface area contributed by atoms with Gasteiger partial charge in [0.1, 0.15) is 5.75 Å². The molecule has 2 aromatic rings. The summed E-state index contributed by atoms with van der Waals surface area (Å²) in [7, 11) is 5.18. The molecule has 0 heterocycles. The molecule has 0 saturated carbocycles. The van der Waals surface area contributed by atoms with Crippen molar-refractivity contribution in [1.82, 2.24) is 10.2 Å². The minimum atomic E-state index is 0. The molecule has 0 bridgehead atoms. The highest BCUT2D eigenvalue weighted by atomic mass is 35.5. The van der Waals surface area contributed by atoms with E-state index in [1.807, 2.05) is 12.1 Å². The smallest absolute Gasteiger partial charge is 0.164 e. The van der Waals surface area contributed by atoms with Crippen LogP contribution in [0.1, 0.15) is 62.1 Å². The Morgan fingerprint density at radius 1 is 0.838 bits per heavy atom. The molecule has 5 nitrogen and oxygen atoms in total. The van der Waals surface area contributed by atoms with Gasteiger partial charge in [-0.05, 0) is 100 Å². The van der Waals surface area contributed by atoms with E-state index in [9.17, 15) is 0 Å². The first-order chi connectivity index (χ1) is 17.2. The standard InChI is InChI=1S/C30H46N2O3.2ClH/c1-5-21-32(26-13-16-28-25(23-26)12-17-29(34-3)30(28)35-4)22-9-7-6-8-19-31-20-18-24-10-14-27(33-2)15-11-24;;/h10-12,14-15,17,26,31H,5-9,13,16,18-23H2,1-4H3;2*1H. The van der Waals surface area contributed by atoms with Crippen molar-refractivity contribution in [2.24, 2.45) is 0 Å². The van der Waals surface area contributed by atoms with Crippen LogP contribution < -0.4 is 19.5 Å². The second-order valence-electron chi connectivity index (χ2n) is 9.63. The lowest BCUT2D eigenvalue weighted by Gasteiger charge is -2.36. The van der Waals surface area contributed by atoms with Gasteiger partial charge < -0.3 is 24.4 Å². The van der Waals surface area contributed by atoms with Crippen molar-refractivity contribution >= 4 is 24.8 Å². The van der Waals surface area contributed by atoms with E-state index in [0.717, 1.165) is 49.6 Å². The second kappa shape index (κ2) is 18.6. The van der Waals surface area contributed by atoms with Gasteiger partial charge in [-0.1, -0.05) is 38.0 Å². The maximum Gasteiger partial charge on any atom is 0.164 e. The van der Waals surface area contributed by atoms with Gasteiger partial charge in [0.2, 0.25) is 0 Å². The van der Waals surface area contributed by atoms with Gasteiger partial charge in [-0.2, -0.15) is 0 Å². The van der Waals surface area contributed by atoms with Crippen molar-refractivity contribution in [3.05, 3.63) is 53.1 Å². The first kappa shape index (κ1) is 33.4. The van der Waals surface area contributed by atoms with Crippen LogP contribution >= 0.6 is 24.8 Å². The van der Waals surface area contributed by atoms with Crippen LogP contribution in [0, 0.1) is 0 Å². The van der Waals surface area contributed by atoms with Gasteiger partial charge >= 0.3 is 0 Å². The van der Waals surface area contributed by atoms with Crippen molar-refractivity contribution in [1.29, 1.82) is 0 Å². The first-order valence-corrected chi connectivity index (χ1v) is 13.5. The highest BCUT2D eigenvalue weighted by molar-refractivity contribution is 5.85. The Morgan fingerprint density at radius 3 is 2.27 bits per heavy atom. The van der Waals surface area contributed by atoms with Gasteiger partial charge in [0.05, 0.1) is 21.3 Å². The molecule has 0 saturated heterocycles. The largest absolute Gasteiger partial charge is 0.497 e. The number of unbranched alkanes of at least 4 members (excludes halogenated alkanes) is 3. The van der Waals surface area contributed by atoms with E-state index in [0.29, 0.717) is 6.04 Å². The first-order valence-electron chi connectivity index (χ1n) is 13.5. The SMILES string of the molecule is CCCN(CCCCCCNCCc1ccc(OC)cc1)C1CCc2c(ccc(OC)c2OC)C1.Cl.Cl. The van der Waals surface area contributed by atoms with Crippen LogP contribution in [-0.2, 0) is 19.3 Å². The van der Waals surface area contributed by atoms with Crippen LogP contribution in [0.4, 0.5) is 0 Å². The minimum Gasteiger partial charge on any atom is -0.497 e. The monoisotopic (exact) mass is 554 g/mol. The molecule has 1 atom stereocenters. The summed E-state index contributed by atoms with van der Waals surface area (Å²) in [6, 6.07) is 13.3. The molecule has 1 aliphatic carbocycles. The maximum absolute atomic E-state index is 5.69. The molecule has 1 aliphatic rings. The molecule has 0 amide bonds. The zero-order chi connectivity index (χ0) is 24.9. The third-order valence-corrected chi connectivity index (χ3v) is 7.25. The zero-order valence-electron chi connectivity index (χ0n) is 23.2. The van der Waals surface area contributed by atoms with E-state index in [1.165, 1.54) is 68.3 Å². The van der Waals surface area contributed by atoms with E-state index in [-0.39, 0.29) is 24.8 Å². The van der Waals surface area contributed by atoms with Crippen molar-refractivity contribution in [2.75, 3.05) is 47.5 Å². The van der Waals surface area contributed by atoms with Crippen LogP contribution in [0.5, 0.6) is 17.2 Å². The topological polar surface area (TPSA) is 43.0 Å². The van der Waals surface area contributed by atoms with Crippen molar-refractivity contribution in [3.8, 4) is 17.2 Å². The van der Waals surface area contributed by atoms with E-state index in [2.05, 4.69) is 41.4 Å². The van der Waals surface area contributed by atoms with Gasteiger partial charge in [0.15, 0.2) is 11.5 Å². The van der Waals surface area contributed by atoms with E-state index >= 15 is 0 Å². The maximum atomic E-state index is 5.69. The van der Waals surface area contributed by atoms with Crippen molar-refractivity contribution in [2.45, 2.75) is 70.8 Å². The molecule has 3 rings (SSSR count). The quantitative estimate of drug-likeness (QED) is 0.239. The number of fused-ring (bicyclic) bond motifs is 1. The molecule has 1 N–H and O–H groups in total. The number of halogens is 2. The molecule has 0 aliphatic heterocycles. The summed E-state index contributed by atoms with van der Waals surface area (Å²) in [6.07, 6.45) is 10.8. The third-order valence-electron chi connectivity index (χ3n) is 7.25. The van der Waals surface area contributed by atoms with E-state index in [4.69, 9.17) is 14.2 Å². The lowest BCUT2D eigenvalue weighted by atomic mass is 9.86. The number of ether oxygens (including phenoxy) is 3. The van der Waals surface area contributed by atoms with Crippen LogP contribution in [-0.4, -0.2) is 58.5 Å². The summed E-state index contributed by atoms with van der Waals surface area (Å²) in [6.45, 7) is 6.86. The summed E-state index contributed by atoms with van der Waals surface area (Å²) in [5.74, 6) is 2.71. The average Bonchev–Trinajstić information content (AvgIpc) is 2.90. The fourth-order valence-corrected chi connectivity index (χ4v) is 5.31. The Hall–Kier alpha value is -1.66. The van der Waals surface area contributed by atoms with Crippen LogP contribution in [0.3, 0.4) is 0 Å². The number of nitrogens with zero attached hydrogens (tertiary/aromatic N) is 1. The number of benzene rings is 2. The van der Waals surface area contributed by atoms with E-state index in [1.54, 1.807) is 21.3 Å². The molecule has 1 unspecified atom stereocenters. The third kappa shape index (κ3) is 10.2. The number of rotatable bonds is 16. The van der Waals surface area contributed by atoms with Crippen LogP contribution in [0.15, 0.2) is 36.4 Å². The average molecular weight is 556 g/mol. The molecule has 0 radical (unpaired) electrons. The Balaban J connectivity index is 0.00000342. The Morgan fingerprint density at radius 2 is 1.59 bits per heavy atom. The number of methoxy groups -OCH3 is 3. The molecule has 210 valence electrons. The second-order valence-corrected chi connectivity index (χ2v) is 9.63. The Kier molecular flexibility index (Phi) is 16.7. The number of hydrogen-bond acceptors (Lipinski definition) is 5. The molecule has 0 aromatic heterocycles. The Bertz CT molecular complexity index is 880. The van der Waals surface area contributed by atoms with Gasteiger partial charge in [-0.25, -0.2) is 0 Å². The van der Waals surface area contributed by atoms with Gasteiger partial charge in [0, 0.05) is 11.6 Å². The molecule has 2 aromatic carbocycles. The summed E-state index contributed by atoms with van der Waals surface area (Å²) < 4.78 is 16.4. The molecule has 0 spiro atoms. The van der Waals surface area contributed by atoms with E-state index < -0.39 is 0 Å². The van der Waals surface area contributed by atoms with Crippen LogP contribution in [0.25, 0.3) is 0 Å². The molecule has 7 heteroatoms. The van der Waals surface area contributed by atoms with Gasteiger partial charge in [-0.3, -0.25) is 0 Å². The predicted octanol–water partition coefficient (Wildman–Crippen LogP) is 6.52. The molecule has 37 heavy (non-hydrogen) atoms. The summed E-state index contributed by atoms with van der Waals surface area (Å²) >= 11 is 0. The Labute approximate surface area is 237 Å². The lowest BCUT2D eigenvalue weighted by Crippen LogP contribution is -2.40. The zero-order valence-corrected chi connectivity index (χ0v) is 24.9. The summed E-state index contributed by atoms with van der Waals surface area (Å²) in [4.78, 5) is 2.74. The fourth-order valence-electron chi connectivity index (χ4n) is 5.31. The fraction of sp³-hybridized carbons (Fsp3) is 0.600. The molecular weight excluding hydrogens is 507 g/mol. The van der Waals surface area contributed by atoms with Gasteiger partial charge in [-0.15, -0.1) is 24.8 Å². The lowest BCUT2D eigenvalue weighted by molar-refractivity contribution is 0.175.